The van der Waals surface area contributed by atoms with Crippen molar-refractivity contribution in [1.82, 2.24) is 0 Å². The largest absolute Gasteiger partial charge is 0.244 e. The van der Waals surface area contributed by atoms with E-state index in [-0.39, 0.29) is 0 Å². The maximum atomic E-state index is 13.2. The zero-order valence-corrected chi connectivity index (χ0v) is 7.58. The molecule has 0 aromatic heterocycles. The Bertz CT molecular complexity index is 84.7. The SMILES string of the molecule is CC[C@@](C)(F)CCC(C)C. The summed E-state index contributed by atoms with van der Waals surface area (Å²) < 4.78 is 13.2. The van der Waals surface area contributed by atoms with E-state index in [4.69, 9.17) is 0 Å². The van der Waals surface area contributed by atoms with Crippen LogP contribution >= 0.6 is 0 Å². The number of rotatable bonds is 4. The average Bonchev–Trinajstić information content (AvgIpc) is 1.85. The first-order chi connectivity index (χ1) is 4.48. The van der Waals surface area contributed by atoms with Crippen molar-refractivity contribution in [3.8, 4) is 0 Å². The number of hydrogen-bond acceptors (Lipinski definition) is 0. The smallest absolute Gasteiger partial charge is 0.108 e. The third-order valence-corrected chi connectivity index (χ3v) is 1.98. The molecule has 0 unspecified atom stereocenters. The van der Waals surface area contributed by atoms with Gasteiger partial charge in [0.05, 0.1) is 0 Å². The highest BCUT2D eigenvalue weighted by Crippen LogP contribution is 2.23. The number of halogens is 1. The monoisotopic (exact) mass is 146 g/mol. The summed E-state index contributed by atoms with van der Waals surface area (Å²) in [6.45, 7) is 7.85. The van der Waals surface area contributed by atoms with Gasteiger partial charge in [0.1, 0.15) is 5.67 Å². The molecule has 0 aromatic carbocycles. The fourth-order valence-electron chi connectivity index (χ4n) is 0.766. The molecule has 0 fully saturated rings. The molecule has 0 amide bonds. The van der Waals surface area contributed by atoms with Crippen LogP contribution in [0.1, 0.15) is 47.0 Å². The van der Waals surface area contributed by atoms with E-state index in [0.717, 1.165) is 6.42 Å². The highest BCUT2D eigenvalue weighted by molar-refractivity contribution is 4.70. The van der Waals surface area contributed by atoms with Gasteiger partial charge in [0.2, 0.25) is 0 Å². The first-order valence-electron chi connectivity index (χ1n) is 4.17. The highest BCUT2D eigenvalue weighted by Gasteiger charge is 2.19. The van der Waals surface area contributed by atoms with E-state index in [0.29, 0.717) is 18.8 Å². The van der Waals surface area contributed by atoms with E-state index in [2.05, 4.69) is 13.8 Å². The van der Waals surface area contributed by atoms with Gasteiger partial charge in [-0.2, -0.15) is 0 Å². The summed E-state index contributed by atoms with van der Waals surface area (Å²) in [5.41, 5.74) is -0.926. The predicted octanol–water partition coefficient (Wildman–Crippen LogP) is 3.56. The topological polar surface area (TPSA) is 0 Å². The quantitative estimate of drug-likeness (QED) is 0.569. The molecule has 0 aliphatic heterocycles. The molecule has 10 heavy (non-hydrogen) atoms. The molecule has 0 nitrogen and oxygen atoms in total. The summed E-state index contributed by atoms with van der Waals surface area (Å²) in [6, 6.07) is 0. The molecule has 0 aliphatic carbocycles. The molecule has 0 radical (unpaired) electrons. The van der Waals surface area contributed by atoms with Crippen LogP contribution in [0.4, 0.5) is 4.39 Å². The number of alkyl halides is 1. The first-order valence-corrected chi connectivity index (χ1v) is 4.17. The van der Waals surface area contributed by atoms with Crippen LogP contribution in [0.3, 0.4) is 0 Å². The van der Waals surface area contributed by atoms with Crippen LogP contribution in [0.25, 0.3) is 0 Å². The van der Waals surface area contributed by atoms with Crippen LogP contribution in [0, 0.1) is 5.92 Å². The summed E-state index contributed by atoms with van der Waals surface area (Å²) in [4.78, 5) is 0. The van der Waals surface area contributed by atoms with Gasteiger partial charge < -0.3 is 0 Å². The molecule has 0 heterocycles. The molecule has 1 atom stereocenters. The van der Waals surface area contributed by atoms with Crippen molar-refractivity contribution in [3.63, 3.8) is 0 Å². The Morgan fingerprint density at radius 1 is 1.40 bits per heavy atom. The van der Waals surface area contributed by atoms with Gasteiger partial charge in [-0.1, -0.05) is 20.8 Å². The lowest BCUT2D eigenvalue weighted by atomic mass is 9.95. The van der Waals surface area contributed by atoms with Crippen molar-refractivity contribution in [2.24, 2.45) is 5.92 Å². The van der Waals surface area contributed by atoms with Crippen molar-refractivity contribution in [3.05, 3.63) is 0 Å². The van der Waals surface area contributed by atoms with Crippen LogP contribution in [-0.4, -0.2) is 5.67 Å². The first kappa shape index (κ1) is 9.93. The summed E-state index contributed by atoms with van der Waals surface area (Å²) >= 11 is 0. The molecular weight excluding hydrogens is 127 g/mol. The Morgan fingerprint density at radius 2 is 1.90 bits per heavy atom. The lowest BCUT2D eigenvalue weighted by Gasteiger charge is -2.18. The van der Waals surface area contributed by atoms with Gasteiger partial charge in [-0.15, -0.1) is 0 Å². The second-order valence-corrected chi connectivity index (χ2v) is 3.70. The molecule has 0 aromatic rings. The van der Waals surface area contributed by atoms with Crippen LogP contribution in [0.5, 0.6) is 0 Å². The van der Waals surface area contributed by atoms with E-state index >= 15 is 0 Å². The predicted molar refractivity (Wildman–Crippen MR) is 43.9 cm³/mol. The zero-order chi connectivity index (χ0) is 8.20. The van der Waals surface area contributed by atoms with Gasteiger partial charge in [-0.25, -0.2) is 4.39 Å². The molecule has 0 spiro atoms. The Balaban J connectivity index is 3.46. The maximum Gasteiger partial charge on any atom is 0.108 e. The van der Waals surface area contributed by atoms with Crippen molar-refractivity contribution < 1.29 is 4.39 Å². The maximum absolute atomic E-state index is 13.2. The molecule has 62 valence electrons. The Labute approximate surface area is 63.8 Å². The summed E-state index contributed by atoms with van der Waals surface area (Å²) in [6.07, 6.45) is 2.35. The molecule has 0 aliphatic rings. The lowest BCUT2D eigenvalue weighted by molar-refractivity contribution is 0.158. The normalized spacial score (nSPS) is 17.4. The fourth-order valence-corrected chi connectivity index (χ4v) is 0.766. The minimum Gasteiger partial charge on any atom is -0.244 e. The van der Waals surface area contributed by atoms with Crippen LogP contribution in [-0.2, 0) is 0 Å². The van der Waals surface area contributed by atoms with Gasteiger partial charge in [0, 0.05) is 0 Å². The Morgan fingerprint density at radius 3 is 2.20 bits per heavy atom. The molecule has 0 N–H and O–H groups in total. The Kier molecular flexibility index (Phi) is 3.92. The standard InChI is InChI=1S/C9H19F/c1-5-9(4,10)7-6-8(2)3/h8H,5-7H2,1-4H3/t9-/m1/s1. The molecule has 0 saturated carbocycles. The summed E-state index contributed by atoms with van der Waals surface area (Å²) in [5, 5.41) is 0. The summed E-state index contributed by atoms with van der Waals surface area (Å²) in [5.74, 6) is 0.627. The van der Waals surface area contributed by atoms with E-state index in [1.54, 1.807) is 6.92 Å². The van der Waals surface area contributed by atoms with E-state index in [9.17, 15) is 4.39 Å². The molecular formula is C9H19F. The second-order valence-electron chi connectivity index (χ2n) is 3.70. The van der Waals surface area contributed by atoms with Crippen molar-refractivity contribution in [2.75, 3.05) is 0 Å². The zero-order valence-electron chi connectivity index (χ0n) is 7.58. The minimum atomic E-state index is -0.926. The average molecular weight is 146 g/mol. The summed E-state index contributed by atoms with van der Waals surface area (Å²) in [7, 11) is 0. The fraction of sp³-hybridized carbons (Fsp3) is 1.00. The van der Waals surface area contributed by atoms with Gasteiger partial charge in [0.15, 0.2) is 0 Å². The van der Waals surface area contributed by atoms with E-state index in [1.165, 1.54) is 0 Å². The van der Waals surface area contributed by atoms with Gasteiger partial charge in [0.25, 0.3) is 0 Å². The van der Waals surface area contributed by atoms with E-state index in [1.807, 2.05) is 6.92 Å². The van der Waals surface area contributed by atoms with Gasteiger partial charge in [-0.3, -0.25) is 0 Å². The van der Waals surface area contributed by atoms with Crippen LogP contribution < -0.4 is 0 Å². The third-order valence-electron chi connectivity index (χ3n) is 1.98. The molecule has 1 heteroatoms. The van der Waals surface area contributed by atoms with Crippen LogP contribution in [0.2, 0.25) is 0 Å². The highest BCUT2D eigenvalue weighted by atomic mass is 19.1. The minimum absolute atomic E-state index is 0.627. The molecule has 0 saturated heterocycles. The molecule has 0 rings (SSSR count). The second kappa shape index (κ2) is 3.95. The number of hydrogen-bond donors (Lipinski definition) is 0. The van der Waals surface area contributed by atoms with Crippen molar-refractivity contribution in [2.45, 2.75) is 52.6 Å². The third kappa shape index (κ3) is 4.78. The molecule has 0 bridgehead atoms. The van der Waals surface area contributed by atoms with Crippen molar-refractivity contribution in [1.29, 1.82) is 0 Å². The van der Waals surface area contributed by atoms with Crippen molar-refractivity contribution >= 4 is 0 Å². The van der Waals surface area contributed by atoms with Gasteiger partial charge >= 0.3 is 0 Å². The van der Waals surface area contributed by atoms with Gasteiger partial charge in [-0.05, 0) is 32.1 Å². The Hall–Kier alpha value is -0.0700. The lowest BCUT2D eigenvalue weighted by Crippen LogP contribution is -2.16. The van der Waals surface area contributed by atoms with Crippen LogP contribution in [0.15, 0.2) is 0 Å². The van der Waals surface area contributed by atoms with E-state index < -0.39 is 5.67 Å².